The molecule has 0 amide bonds. The van der Waals surface area contributed by atoms with Gasteiger partial charge in [0.1, 0.15) is 11.3 Å². The number of methoxy groups -OCH3 is 1. The van der Waals surface area contributed by atoms with E-state index in [4.69, 9.17) is 10.5 Å². The molecule has 1 heterocycles. The molecule has 110 valence electrons. The number of benzene rings is 1. The number of nitrogens with two attached hydrogens (primary N) is 1. The van der Waals surface area contributed by atoms with Crippen molar-refractivity contribution in [3.63, 3.8) is 0 Å². The Kier molecular flexibility index (Phi) is 4.15. The standard InChI is InChI=1S/C12H18N4O3S/c1-19-10-6-3-5-9-11(10)15-12(13)16(9)8-4-7-14-20(2,17)18/h3,5-6,14H,4,7-8H2,1-2H3,(H2,13,15). The largest absolute Gasteiger partial charge is 0.494 e. The number of aryl methyl sites for hydroxylation is 1. The van der Waals surface area contributed by atoms with Crippen LogP contribution < -0.4 is 15.2 Å². The first-order valence-corrected chi connectivity index (χ1v) is 8.05. The molecule has 0 aliphatic carbocycles. The van der Waals surface area contributed by atoms with Gasteiger partial charge in [-0.1, -0.05) is 6.07 Å². The quantitative estimate of drug-likeness (QED) is 0.759. The third-order valence-electron chi connectivity index (χ3n) is 2.91. The van der Waals surface area contributed by atoms with E-state index in [-0.39, 0.29) is 0 Å². The maximum Gasteiger partial charge on any atom is 0.208 e. The molecule has 0 unspecified atom stereocenters. The second-order valence-corrected chi connectivity index (χ2v) is 6.30. The van der Waals surface area contributed by atoms with Crippen LogP contribution in [0.15, 0.2) is 18.2 Å². The number of aromatic nitrogens is 2. The zero-order valence-corrected chi connectivity index (χ0v) is 12.3. The lowest BCUT2D eigenvalue weighted by atomic mass is 10.3. The van der Waals surface area contributed by atoms with Crippen molar-refractivity contribution in [3.05, 3.63) is 18.2 Å². The van der Waals surface area contributed by atoms with Crippen LogP contribution in [0.1, 0.15) is 6.42 Å². The number of nitrogens with zero attached hydrogens (tertiary/aromatic N) is 2. The highest BCUT2D eigenvalue weighted by molar-refractivity contribution is 7.88. The smallest absolute Gasteiger partial charge is 0.208 e. The first-order chi connectivity index (χ1) is 9.42. The molecule has 1 aromatic carbocycles. The highest BCUT2D eigenvalue weighted by atomic mass is 32.2. The third kappa shape index (κ3) is 3.20. The van der Waals surface area contributed by atoms with Crippen LogP contribution in [-0.2, 0) is 16.6 Å². The summed E-state index contributed by atoms with van der Waals surface area (Å²) in [6, 6.07) is 5.60. The first-order valence-electron chi connectivity index (χ1n) is 6.15. The van der Waals surface area contributed by atoms with Crippen molar-refractivity contribution >= 4 is 27.0 Å². The lowest BCUT2D eigenvalue weighted by molar-refractivity contribution is 0.419. The molecule has 0 radical (unpaired) electrons. The van der Waals surface area contributed by atoms with Crippen molar-refractivity contribution in [1.29, 1.82) is 0 Å². The number of hydrogen-bond donors (Lipinski definition) is 2. The summed E-state index contributed by atoms with van der Waals surface area (Å²) < 4.78 is 31.5. The van der Waals surface area contributed by atoms with Crippen LogP contribution >= 0.6 is 0 Å². The van der Waals surface area contributed by atoms with Crippen LogP contribution in [-0.4, -0.2) is 37.9 Å². The highest BCUT2D eigenvalue weighted by Gasteiger charge is 2.11. The first kappa shape index (κ1) is 14.6. The molecular weight excluding hydrogens is 280 g/mol. The topological polar surface area (TPSA) is 99.2 Å². The Balaban J connectivity index is 2.16. The number of ether oxygens (including phenoxy) is 1. The lowest BCUT2D eigenvalue weighted by Crippen LogP contribution is -2.24. The third-order valence-corrected chi connectivity index (χ3v) is 3.64. The second-order valence-electron chi connectivity index (χ2n) is 4.47. The summed E-state index contributed by atoms with van der Waals surface area (Å²) in [6.07, 6.45) is 1.76. The van der Waals surface area contributed by atoms with Crippen LogP contribution in [0, 0.1) is 0 Å². The fourth-order valence-electron chi connectivity index (χ4n) is 2.03. The maximum absolute atomic E-state index is 11.0. The number of imidazole rings is 1. The molecule has 2 aromatic rings. The van der Waals surface area contributed by atoms with Crippen molar-refractivity contribution in [3.8, 4) is 5.75 Å². The van der Waals surface area contributed by atoms with Crippen LogP contribution in [0.2, 0.25) is 0 Å². The van der Waals surface area contributed by atoms with Crippen molar-refractivity contribution < 1.29 is 13.2 Å². The molecule has 0 aliphatic rings. The van der Waals surface area contributed by atoms with E-state index < -0.39 is 10.0 Å². The summed E-state index contributed by atoms with van der Waals surface area (Å²) in [4.78, 5) is 4.29. The number of sulfonamides is 1. The summed E-state index contributed by atoms with van der Waals surface area (Å²) in [6.45, 7) is 0.944. The van der Waals surface area contributed by atoms with E-state index in [1.807, 2.05) is 22.8 Å². The average molecular weight is 298 g/mol. The molecule has 0 saturated carbocycles. The molecule has 7 nitrogen and oxygen atoms in total. The van der Waals surface area contributed by atoms with Crippen LogP contribution in [0.25, 0.3) is 11.0 Å². The van der Waals surface area contributed by atoms with E-state index in [1.165, 1.54) is 0 Å². The molecular formula is C12H18N4O3S. The molecule has 0 aliphatic heterocycles. The molecule has 1 aromatic heterocycles. The van der Waals surface area contributed by atoms with Gasteiger partial charge in [-0.2, -0.15) is 0 Å². The van der Waals surface area contributed by atoms with Gasteiger partial charge in [-0.15, -0.1) is 0 Å². The summed E-state index contributed by atoms with van der Waals surface area (Å²) in [5.41, 5.74) is 7.49. The van der Waals surface area contributed by atoms with Gasteiger partial charge in [0.25, 0.3) is 0 Å². The number of fused-ring (bicyclic) bond motifs is 1. The molecule has 0 spiro atoms. The van der Waals surface area contributed by atoms with Crippen molar-refractivity contribution in [2.45, 2.75) is 13.0 Å². The number of anilines is 1. The molecule has 20 heavy (non-hydrogen) atoms. The number of nitrogens with one attached hydrogen (secondary N) is 1. The van der Waals surface area contributed by atoms with Gasteiger partial charge >= 0.3 is 0 Å². The average Bonchev–Trinajstić information content (AvgIpc) is 2.69. The summed E-state index contributed by atoms with van der Waals surface area (Å²) >= 11 is 0. The van der Waals surface area contributed by atoms with Crippen LogP contribution in [0.3, 0.4) is 0 Å². The van der Waals surface area contributed by atoms with Gasteiger partial charge in [0, 0.05) is 13.1 Å². The Bertz CT molecular complexity index is 709. The van der Waals surface area contributed by atoms with E-state index in [0.29, 0.717) is 36.7 Å². The van der Waals surface area contributed by atoms with Crippen LogP contribution in [0.5, 0.6) is 5.75 Å². The molecule has 8 heteroatoms. The zero-order chi connectivity index (χ0) is 14.8. The van der Waals surface area contributed by atoms with Gasteiger partial charge in [0.15, 0.2) is 0 Å². The Morgan fingerprint density at radius 1 is 1.45 bits per heavy atom. The highest BCUT2D eigenvalue weighted by Crippen LogP contribution is 2.26. The fourth-order valence-corrected chi connectivity index (χ4v) is 2.55. The normalized spacial score (nSPS) is 11.9. The van der Waals surface area contributed by atoms with Crippen molar-refractivity contribution in [2.75, 3.05) is 25.6 Å². The van der Waals surface area contributed by atoms with Crippen molar-refractivity contribution in [1.82, 2.24) is 14.3 Å². The van der Waals surface area contributed by atoms with E-state index in [9.17, 15) is 8.42 Å². The van der Waals surface area contributed by atoms with Gasteiger partial charge in [0.2, 0.25) is 16.0 Å². The number of hydrogen-bond acceptors (Lipinski definition) is 5. The number of nitrogen functional groups attached to an aromatic ring is 1. The minimum Gasteiger partial charge on any atom is -0.494 e. The SMILES string of the molecule is COc1cccc2c1nc(N)n2CCCNS(C)(=O)=O. The molecule has 2 rings (SSSR count). The molecule has 0 bridgehead atoms. The number of para-hydroxylation sites is 1. The van der Waals surface area contributed by atoms with E-state index in [1.54, 1.807) is 7.11 Å². The predicted molar refractivity (Wildman–Crippen MR) is 78.2 cm³/mol. The lowest BCUT2D eigenvalue weighted by Gasteiger charge is -2.07. The van der Waals surface area contributed by atoms with E-state index >= 15 is 0 Å². The van der Waals surface area contributed by atoms with Crippen molar-refractivity contribution in [2.24, 2.45) is 0 Å². The van der Waals surface area contributed by atoms with E-state index in [0.717, 1.165) is 11.8 Å². The minimum atomic E-state index is -3.15. The van der Waals surface area contributed by atoms with Crippen LogP contribution in [0.4, 0.5) is 5.95 Å². The molecule has 0 fully saturated rings. The van der Waals surface area contributed by atoms with Gasteiger partial charge in [-0.05, 0) is 18.6 Å². The predicted octanol–water partition coefficient (Wildman–Crippen LogP) is 0.566. The molecule has 0 saturated heterocycles. The Morgan fingerprint density at radius 2 is 2.20 bits per heavy atom. The van der Waals surface area contributed by atoms with Gasteiger partial charge < -0.3 is 15.0 Å². The Hall–Kier alpha value is -1.80. The Morgan fingerprint density at radius 3 is 2.85 bits per heavy atom. The maximum atomic E-state index is 11.0. The summed E-state index contributed by atoms with van der Waals surface area (Å²) in [5.74, 6) is 1.06. The summed E-state index contributed by atoms with van der Waals surface area (Å²) in [7, 11) is -1.57. The Labute approximate surface area is 117 Å². The zero-order valence-electron chi connectivity index (χ0n) is 11.5. The fraction of sp³-hybridized carbons (Fsp3) is 0.417. The second kappa shape index (κ2) is 5.68. The molecule has 3 N–H and O–H groups in total. The summed E-state index contributed by atoms with van der Waals surface area (Å²) in [5, 5.41) is 0. The minimum absolute atomic E-state index is 0.363. The van der Waals surface area contributed by atoms with E-state index in [2.05, 4.69) is 9.71 Å². The molecule has 0 atom stereocenters. The van der Waals surface area contributed by atoms with Gasteiger partial charge in [-0.3, -0.25) is 0 Å². The monoisotopic (exact) mass is 298 g/mol. The van der Waals surface area contributed by atoms with Gasteiger partial charge in [-0.25, -0.2) is 18.1 Å². The number of rotatable bonds is 6. The van der Waals surface area contributed by atoms with Gasteiger partial charge in [0.05, 0.1) is 18.9 Å².